The molecule has 0 bridgehead atoms. The molecule has 2 heterocycles. The lowest BCUT2D eigenvalue weighted by Gasteiger charge is -2.25. The van der Waals surface area contributed by atoms with E-state index in [1.807, 2.05) is 25.1 Å². The first-order valence-corrected chi connectivity index (χ1v) is 11.8. The normalized spacial score (nSPS) is 19.6. The number of thioether (sulfide) groups is 1. The van der Waals surface area contributed by atoms with Crippen LogP contribution in [0.3, 0.4) is 0 Å². The molecule has 4 nitrogen and oxygen atoms in total. The maximum Gasteiger partial charge on any atom is 0.293 e. The average Bonchev–Trinajstić information content (AvgIpc) is 3.12. The van der Waals surface area contributed by atoms with E-state index in [9.17, 15) is 9.59 Å². The number of aryl methyl sites for hydroxylation is 1. The summed E-state index contributed by atoms with van der Waals surface area (Å²) in [6, 6.07) is 10.2. The molecule has 2 fully saturated rings. The number of hydrogen-bond donors (Lipinski definition) is 0. The van der Waals surface area contributed by atoms with Crippen molar-refractivity contribution in [1.29, 1.82) is 0 Å². The van der Waals surface area contributed by atoms with Crippen molar-refractivity contribution in [3.63, 3.8) is 0 Å². The van der Waals surface area contributed by atoms with E-state index in [4.69, 9.17) is 0 Å². The molecule has 6 heteroatoms. The third kappa shape index (κ3) is 4.24. The highest BCUT2D eigenvalue weighted by molar-refractivity contribution is 9.10. The van der Waals surface area contributed by atoms with E-state index in [-0.39, 0.29) is 11.1 Å². The second-order valence-corrected chi connectivity index (χ2v) is 9.85. The highest BCUT2D eigenvalue weighted by Crippen LogP contribution is 2.36. The van der Waals surface area contributed by atoms with Gasteiger partial charge in [0.15, 0.2) is 0 Å². The number of imide groups is 1. The summed E-state index contributed by atoms with van der Waals surface area (Å²) in [4.78, 5) is 27.4. The molecule has 1 aromatic heterocycles. The lowest BCUT2D eigenvalue weighted by atomic mass is 9.89. The molecule has 1 saturated heterocycles. The fraction of sp³-hybridized carbons (Fsp3) is 0.391. The van der Waals surface area contributed by atoms with Crippen molar-refractivity contribution in [3.8, 4) is 5.69 Å². The third-order valence-electron chi connectivity index (χ3n) is 5.86. The fourth-order valence-corrected chi connectivity index (χ4v) is 5.60. The van der Waals surface area contributed by atoms with Crippen molar-refractivity contribution in [2.75, 3.05) is 6.54 Å². The molecule has 1 aromatic carbocycles. The maximum atomic E-state index is 12.9. The quantitative estimate of drug-likeness (QED) is 0.478. The second-order valence-electron chi connectivity index (χ2n) is 7.94. The number of halogens is 1. The van der Waals surface area contributed by atoms with Crippen molar-refractivity contribution in [3.05, 3.63) is 56.7 Å². The van der Waals surface area contributed by atoms with E-state index < -0.39 is 0 Å². The Labute approximate surface area is 184 Å². The minimum absolute atomic E-state index is 0.132. The lowest BCUT2D eigenvalue weighted by Crippen LogP contribution is -2.34. The van der Waals surface area contributed by atoms with Crippen molar-refractivity contribution in [2.24, 2.45) is 5.92 Å². The number of rotatable bonds is 4. The zero-order chi connectivity index (χ0) is 20.5. The molecule has 1 aliphatic heterocycles. The maximum absolute atomic E-state index is 12.9. The number of carbonyl (C=O) groups is 2. The van der Waals surface area contributed by atoms with E-state index in [0.717, 1.165) is 51.7 Å². The Bertz CT molecular complexity index is 989. The molecule has 0 N–H and O–H groups in total. The van der Waals surface area contributed by atoms with Crippen LogP contribution in [0.25, 0.3) is 11.8 Å². The van der Waals surface area contributed by atoms with E-state index >= 15 is 0 Å². The Morgan fingerprint density at radius 1 is 1.14 bits per heavy atom. The largest absolute Gasteiger partial charge is 0.318 e. The highest BCUT2D eigenvalue weighted by atomic mass is 79.9. The molecule has 4 rings (SSSR count). The number of benzene rings is 1. The van der Waals surface area contributed by atoms with Gasteiger partial charge in [-0.2, -0.15) is 0 Å². The van der Waals surface area contributed by atoms with Gasteiger partial charge in [-0.25, -0.2) is 0 Å². The zero-order valence-electron chi connectivity index (χ0n) is 16.8. The van der Waals surface area contributed by atoms with Gasteiger partial charge in [-0.05, 0) is 80.3 Å². The summed E-state index contributed by atoms with van der Waals surface area (Å²) < 4.78 is 3.19. The molecule has 1 aliphatic carbocycles. The molecule has 0 atom stereocenters. The number of aromatic nitrogens is 1. The van der Waals surface area contributed by atoms with Crippen LogP contribution < -0.4 is 0 Å². The van der Waals surface area contributed by atoms with E-state index in [1.165, 1.54) is 24.2 Å². The van der Waals surface area contributed by atoms with Crippen LogP contribution in [0.15, 0.2) is 39.7 Å². The highest BCUT2D eigenvalue weighted by Gasteiger charge is 2.36. The summed E-state index contributed by atoms with van der Waals surface area (Å²) in [7, 11) is 0. The molecular weight excluding hydrogens is 448 g/mol. The smallest absolute Gasteiger partial charge is 0.293 e. The van der Waals surface area contributed by atoms with Gasteiger partial charge in [0.2, 0.25) is 0 Å². The van der Waals surface area contributed by atoms with Crippen LogP contribution in [0.1, 0.15) is 49.1 Å². The number of nitrogens with zero attached hydrogens (tertiary/aromatic N) is 2. The molecule has 2 amide bonds. The van der Waals surface area contributed by atoms with Crippen LogP contribution in [0.2, 0.25) is 0 Å². The summed E-state index contributed by atoms with van der Waals surface area (Å²) in [6.45, 7) is 4.67. The van der Waals surface area contributed by atoms with E-state index in [2.05, 4.69) is 45.6 Å². The predicted molar refractivity (Wildman–Crippen MR) is 122 cm³/mol. The molecular formula is C23H25BrN2O2S. The summed E-state index contributed by atoms with van der Waals surface area (Å²) >= 11 is 4.60. The van der Waals surface area contributed by atoms with E-state index in [1.54, 1.807) is 0 Å². The minimum Gasteiger partial charge on any atom is -0.318 e. The van der Waals surface area contributed by atoms with Crippen LogP contribution in [-0.4, -0.2) is 27.2 Å². The van der Waals surface area contributed by atoms with Crippen molar-refractivity contribution in [2.45, 2.75) is 46.0 Å². The van der Waals surface area contributed by atoms with Gasteiger partial charge >= 0.3 is 0 Å². The van der Waals surface area contributed by atoms with Gasteiger partial charge in [0.25, 0.3) is 11.1 Å². The SMILES string of the molecule is Cc1cc(/C=C2/SC(=O)N(CC3CCCCC3)C2=O)c(C)n1-c1cccc(Br)c1. The predicted octanol–water partition coefficient (Wildman–Crippen LogP) is 6.47. The van der Waals surface area contributed by atoms with E-state index in [0.29, 0.717) is 17.4 Å². The van der Waals surface area contributed by atoms with Crippen LogP contribution in [0.5, 0.6) is 0 Å². The van der Waals surface area contributed by atoms with Gasteiger partial charge in [-0.15, -0.1) is 0 Å². The summed E-state index contributed by atoms with van der Waals surface area (Å²) in [5, 5.41) is -0.132. The number of carbonyl (C=O) groups excluding carboxylic acids is 2. The Kier molecular flexibility index (Phi) is 6.02. The lowest BCUT2D eigenvalue weighted by molar-refractivity contribution is -0.123. The van der Waals surface area contributed by atoms with Gasteiger partial charge < -0.3 is 4.57 Å². The summed E-state index contributed by atoms with van der Waals surface area (Å²) in [6.07, 6.45) is 7.80. The first-order chi connectivity index (χ1) is 13.9. The topological polar surface area (TPSA) is 42.3 Å². The average molecular weight is 473 g/mol. The molecule has 2 aliphatic rings. The Hall–Kier alpha value is -1.79. The first kappa shape index (κ1) is 20.5. The molecule has 2 aromatic rings. The van der Waals surface area contributed by atoms with Crippen molar-refractivity contribution < 1.29 is 9.59 Å². The number of hydrogen-bond acceptors (Lipinski definition) is 3. The standard InChI is InChI=1S/C23H25BrN2O2S/c1-15-11-18(16(2)26(15)20-10-6-9-19(24)13-20)12-21-22(27)25(23(28)29-21)14-17-7-4-3-5-8-17/h6,9-13,17H,3-5,7-8,14H2,1-2H3/b21-12+. The molecule has 1 saturated carbocycles. The Balaban J connectivity index is 1.59. The zero-order valence-corrected chi connectivity index (χ0v) is 19.2. The monoisotopic (exact) mass is 472 g/mol. The molecule has 29 heavy (non-hydrogen) atoms. The molecule has 0 unspecified atom stereocenters. The van der Waals surface area contributed by atoms with Gasteiger partial charge in [0.1, 0.15) is 0 Å². The van der Waals surface area contributed by atoms with Crippen LogP contribution in [0, 0.1) is 19.8 Å². The first-order valence-electron chi connectivity index (χ1n) is 10.1. The summed E-state index contributed by atoms with van der Waals surface area (Å²) in [5.74, 6) is 0.316. The molecule has 152 valence electrons. The summed E-state index contributed by atoms with van der Waals surface area (Å²) in [5.41, 5.74) is 4.19. The Morgan fingerprint density at radius 2 is 1.90 bits per heavy atom. The van der Waals surface area contributed by atoms with Crippen LogP contribution in [-0.2, 0) is 4.79 Å². The molecule has 0 radical (unpaired) electrons. The van der Waals surface area contributed by atoms with Gasteiger partial charge in [0.05, 0.1) is 4.91 Å². The van der Waals surface area contributed by atoms with Crippen LogP contribution in [0.4, 0.5) is 4.79 Å². The third-order valence-corrected chi connectivity index (χ3v) is 7.26. The minimum atomic E-state index is -0.141. The van der Waals surface area contributed by atoms with Gasteiger partial charge in [-0.3, -0.25) is 14.5 Å². The fourth-order valence-electron chi connectivity index (χ4n) is 4.37. The number of amides is 2. The second kappa shape index (κ2) is 8.52. The molecule has 0 spiro atoms. The van der Waals surface area contributed by atoms with Crippen LogP contribution >= 0.6 is 27.7 Å². The van der Waals surface area contributed by atoms with Gasteiger partial charge in [-0.1, -0.05) is 41.3 Å². The van der Waals surface area contributed by atoms with Crippen molar-refractivity contribution in [1.82, 2.24) is 9.47 Å². The van der Waals surface area contributed by atoms with Crippen molar-refractivity contribution >= 4 is 44.9 Å². The van der Waals surface area contributed by atoms with Gasteiger partial charge in [0, 0.05) is 28.1 Å². The Morgan fingerprint density at radius 3 is 2.62 bits per heavy atom.